The van der Waals surface area contributed by atoms with Gasteiger partial charge < -0.3 is 5.32 Å². The van der Waals surface area contributed by atoms with E-state index in [4.69, 9.17) is 0 Å². The molecule has 1 aliphatic carbocycles. The molecule has 0 heterocycles. The van der Waals surface area contributed by atoms with E-state index < -0.39 is 11.7 Å². The van der Waals surface area contributed by atoms with Crippen LogP contribution in [0.5, 0.6) is 0 Å². The highest BCUT2D eigenvalue weighted by atomic mass is 19.4. The van der Waals surface area contributed by atoms with Gasteiger partial charge >= 0.3 is 6.18 Å². The minimum absolute atomic E-state index is 0.0809. The first-order chi connectivity index (χ1) is 14.8. The Balaban J connectivity index is 1.56. The third-order valence-electron chi connectivity index (χ3n) is 4.50. The Kier molecular flexibility index (Phi) is 7.33. The Morgan fingerprint density at radius 3 is 1.74 bits per heavy atom. The van der Waals surface area contributed by atoms with E-state index in [1.165, 1.54) is 6.08 Å². The summed E-state index contributed by atoms with van der Waals surface area (Å²) in [4.78, 5) is 0. The lowest BCUT2D eigenvalue weighted by Crippen LogP contribution is -2.13. The molecular weight excluding hydrogens is 403 g/mol. The van der Waals surface area contributed by atoms with Crippen LogP contribution in [0.1, 0.15) is 26.7 Å². The van der Waals surface area contributed by atoms with E-state index in [1.807, 2.05) is 24.3 Å². The molecule has 0 saturated heterocycles. The molecule has 2 aromatic rings. The normalized spacial score (nSPS) is 14.9. The second kappa shape index (κ2) is 10.1. The van der Waals surface area contributed by atoms with E-state index in [2.05, 4.69) is 39.6 Å². The minimum Gasteiger partial charge on any atom is -0.385 e. The first-order valence-corrected chi connectivity index (χ1v) is 10.0. The molecule has 0 atom stereocenters. The average Bonchev–Trinajstić information content (AvgIpc) is 2.76. The molecule has 0 bridgehead atoms. The molecule has 1 N–H and O–H groups in total. The van der Waals surface area contributed by atoms with Crippen LogP contribution in [0.3, 0.4) is 0 Å². The zero-order valence-corrected chi connectivity index (χ0v) is 17.4. The Labute approximate surface area is 179 Å². The van der Waals surface area contributed by atoms with Gasteiger partial charge in [-0.3, -0.25) is 0 Å². The van der Waals surface area contributed by atoms with E-state index in [0.29, 0.717) is 23.0 Å². The van der Waals surface area contributed by atoms with Crippen LogP contribution in [-0.2, 0) is 0 Å². The molecule has 2 aromatic carbocycles. The van der Waals surface area contributed by atoms with Crippen LogP contribution in [0.15, 0.2) is 92.4 Å². The van der Waals surface area contributed by atoms with Gasteiger partial charge in [0.15, 0.2) is 0 Å². The molecular formula is C23H24F3N5. The van der Waals surface area contributed by atoms with Gasteiger partial charge in [0, 0.05) is 17.8 Å². The van der Waals surface area contributed by atoms with Crippen molar-refractivity contribution < 1.29 is 13.2 Å². The lowest BCUT2D eigenvalue weighted by Gasteiger charge is -2.14. The number of hydrogen-bond donors (Lipinski definition) is 1. The van der Waals surface area contributed by atoms with Crippen LogP contribution < -0.4 is 5.32 Å². The molecule has 0 radical (unpaired) electrons. The van der Waals surface area contributed by atoms with Gasteiger partial charge in [0.2, 0.25) is 0 Å². The Bertz CT molecular complexity index is 985. The molecule has 0 fully saturated rings. The van der Waals surface area contributed by atoms with Crippen LogP contribution in [0.25, 0.3) is 0 Å². The topological polar surface area (TPSA) is 61.5 Å². The quantitative estimate of drug-likeness (QED) is 0.443. The van der Waals surface area contributed by atoms with Gasteiger partial charge in [-0.05, 0) is 73.4 Å². The van der Waals surface area contributed by atoms with Gasteiger partial charge in [-0.15, -0.1) is 0 Å². The average molecular weight is 427 g/mol. The van der Waals surface area contributed by atoms with Gasteiger partial charge in [-0.25, -0.2) is 0 Å². The summed E-state index contributed by atoms with van der Waals surface area (Å²) in [5, 5.41) is 19.9. The SMILES string of the molecule is CC(C)CNc1ccc(N=Nc2ccc(N=NC3=CC=C(C(F)(F)F)CC3)cc2)cc1. The molecule has 0 unspecified atom stereocenters. The highest BCUT2D eigenvalue weighted by molar-refractivity contribution is 5.51. The fourth-order valence-corrected chi connectivity index (χ4v) is 2.74. The van der Waals surface area contributed by atoms with Crippen LogP contribution in [-0.4, -0.2) is 12.7 Å². The van der Waals surface area contributed by atoms with E-state index in [9.17, 15) is 13.2 Å². The summed E-state index contributed by atoms with van der Waals surface area (Å²) in [7, 11) is 0. The number of nitrogens with one attached hydrogen (secondary N) is 1. The number of nitrogens with zero attached hydrogens (tertiary/aromatic N) is 4. The van der Waals surface area contributed by atoms with Crippen molar-refractivity contribution >= 4 is 22.7 Å². The number of rotatable bonds is 7. The largest absolute Gasteiger partial charge is 0.412 e. The molecule has 162 valence electrons. The highest BCUT2D eigenvalue weighted by Crippen LogP contribution is 2.33. The maximum Gasteiger partial charge on any atom is 0.412 e. The smallest absolute Gasteiger partial charge is 0.385 e. The van der Waals surface area contributed by atoms with Gasteiger partial charge in [-0.2, -0.15) is 33.6 Å². The summed E-state index contributed by atoms with van der Waals surface area (Å²) in [6.07, 6.45) is -1.72. The lowest BCUT2D eigenvalue weighted by molar-refractivity contribution is -0.0941. The molecule has 5 nitrogen and oxygen atoms in total. The summed E-state index contributed by atoms with van der Waals surface area (Å²) in [6, 6.07) is 14.7. The predicted octanol–water partition coefficient (Wildman–Crippen LogP) is 8.42. The Morgan fingerprint density at radius 1 is 0.774 bits per heavy atom. The van der Waals surface area contributed by atoms with Crippen molar-refractivity contribution in [3.05, 3.63) is 72.0 Å². The summed E-state index contributed by atoms with van der Waals surface area (Å²) in [5.41, 5.74) is 3.02. The summed E-state index contributed by atoms with van der Waals surface area (Å²) in [5.74, 6) is 0.570. The number of azo groups is 2. The van der Waals surface area contributed by atoms with Crippen molar-refractivity contribution in [3.8, 4) is 0 Å². The molecule has 1 aliphatic rings. The van der Waals surface area contributed by atoms with E-state index in [0.717, 1.165) is 24.0 Å². The zero-order valence-electron chi connectivity index (χ0n) is 17.4. The first-order valence-electron chi connectivity index (χ1n) is 10.0. The minimum atomic E-state index is -4.28. The number of allylic oxidation sites excluding steroid dienone is 4. The molecule has 8 heteroatoms. The molecule has 0 spiro atoms. The summed E-state index contributed by atoms with van der Waals surface area (Å²) >= 11 is 0. The molecule has 31 heavy (non-hydrogen) atoms. The summed E-state index contributed by atoms with van der Waals surface area (Å²) in [6.45, 7) is 5.22. The van der Waals surface area contributed by atoms with Crippen molar-refractivity contribution in [2.24, 2.45) is 26.4 Å². The number of hydrogen-bond acceptors (Lipinski definition) is 5. The molecule has 0 aromatic heterocycles. The number of benzene rings is 2. The van der Waals surface area contributed by atoms with Crippen molar-refractivity contribution in [2.75, 3.05) is 11.9 Å². The number of alkyl halides is 3. The molecule has 3 rings (SSSR count). The lowest BCUT2D eigenvalue weighted by atomic mass is 10.0. The standard InChI is InChI=1S/C23H24F3N5/c1-16(2)15-27-18-7-9-20(10-8-18)29-31-22-13-11-21(12-14-22)30-28-19-5-3-17(4-6-19)23(24,25)26/h3,5,7-14,16,27H,4,6,15H2,1-2H3. The molecule has 0 aliphatic heterocycles. The highest BCUT2D eigenvalue weighted by Gasteiger charge is 2.33. The van der Waals surface area contributed by atoms with Crippen molar-refractivity contribution in [1.82, 2.24) is 0 Å². The van der Waals surface area contributed by atoms with E-state index >= 15 is 0 Å². The molecule has 0 saturated carbocycles. The second-order valence-corrected chi connectivity index (χ2v) is 7.59. The van der Waals surface area contributed by atoms with Gasteiger partial charge in [0.25, 0.3) is 0 Å². The maximum absolute atomic E-state index is 12.6. The van der Waals surface area contributed by atoms with E-state index in [-0.39, 0.29) is 12.8 Å². The fraction of sp³-hybridized carbons (Fsp3) is 0.304. The van der Waals surface area contributed by atoms with Crippen molar-refractivity contribution in [3.63, 3.8) is 0 Å². The summed E-state index contributed by atoms with van der Waals surface area (Å²) < 4.78 is 37.9. The van der Waals surface area contributed by atoms with Crippen LogP contribution in [0.2, 0.25) is 0 Å². The van der Waals surface area contributed by atoms with Crippen molar-refractivity contribution in [2.45, 2.75) is 32.9 Å². The first kappa shape index (κ1) is 22.4. The molecule has 0 amide bonds. The third-order valence-corrected chi connectivity index (χ3v) is 4.50. The maximum atomic E-state index is 12.6. The zero-order chi connectivity index (χ0) is 22.3. The van der Waals surface area contributed by atoms with Gasteiger partial charge in [0.1, 0.15) is 0 Å². The Morgan fingerprint density at radius 2 is 1.29 bits per heavy atom. The van der Waals surface area contributed by atoms with Crippen LogP contribution in [0, 0.1) is 5.92 Å². The Hall–Kier alpha value is -3.29. The second-order valence-electron chi connectivity index (χ2n) is 7.59. The number of anilines is 1. The third kappa shape index (κ3) is 7.16. The van der Waals surface area contributed by atoms with Gasteiger partial charge in [-0.1, -0.05) is 19.9 Å². The van der Waals surface area contributed by atoms with E-state index in [1.54, 1.807) is 24.3 Å². The fourth-order valence-electron chi connectivity index (χ4n) is 2.74. The number of halogens is 3. The van der Waals surface area contributed by atoms with Crippen LogP contribution >= 0.6 is 0 Å². The monoisotopic (exact) mass is 427 g/mol. The van der Waals surface area contributed by atoms with Crippen molar-refractivity contribution in [1.29, 1.82) is 0 Å². The predicted molar refractivity (Wildman–Crippen MR) is 116 cm³/mol. The van der Waals surface area contributed by atoms with Crippen LogP contribution in [0.4, 0.5) is 35.9 Å². The van der Waals surface area contributed by atoms with Gasteiger partial charge in [0.05, 0.1) is 22.8 Å².